The number of aliphatic hydroxyl groups excluding tert-OH is 1. The van der Waals surface area contributed by atoms with Gasteiger partial charge in [-0.3, -0.25) is 0 Å². The first-order chi connectivity index (χ1) is 9.16. The Balaban J connectivity index is 1.89. The Morgan fingerprint density at radius 1 is 1.42 bits per heavy atom. The lowest BCUT2D eigenvalue weighted by Gasteiger charge is -2.40. The number of nitrogens with two attached hydrogens (primary N) is 1. The number of benzene rings is 1. The van der Waals surface area contributed by atoms with Gasteiger partial charge < -0.3 is 15.6 Å². The molecule has 3 N–H and O–H groups in total. The molecule has 2 rings (SSSR count). The maximum Gasteiger partial charge on any atom is 0.120 e. The van der Waals surface area contributed by atoms with Crippen LogP contribution in [-0.4, -0.2) is 24.4 Å². The average molecular weight is 328 g/mol. The van der Waals surface area contributed by atoms with Gasteiger partial charge in [0.1, 0.15) is 5.75 Å². The predicted molar refractivity (Wildman–Crippen MR) is 80.2 cm³/mol. The monoisotopic (exact) mass is 327 g/mol. The summed E-state index contributed by atoms with van der Waals surface area (Å²) in [6, 6.07) is 7.82. The highest BCUT2D eigenvalue weighted by Crippen LogP contribution is 2.38. The van der Waals surface area contributed by atoms with E-state index in [9.17, 15) is 5.11 Å². The van der Waals surface area contributed by atoms with Crippen LogP contribution in [0.5, 0.6) is 5.75 Å². The van der Waals surface area contributed by atoms with Crippen LogP contribution in [0.15, 0.2) is 28.7 Å². The molecule has 0 heterocycles. The van der Waals surface area contributed by atoms with E-state index in [1.54, 1.807) is 0 Å². The maximum absolute atomic E-state index is 10.2. The first kappa shape index (κ1) is 14.8. The average Bonchev–Trinajstić information content (AvgIpc) is 2.41. The Kier molecular flexibility index (Phi) is 5.25. The highest BCUT2D eigenvalue weighted by molar-refractivity contribution is 9.10. The molecule has 0 amide bonds. The fourth-order valence-electron chi connectivity index (χ4n) is 2.85. The molecule has 0 radical (unpaired) electrons. The second kappa shape index (κ2) is 6.73. The van der Waals surface area contributed by atoms with Crippen LogP contribution in [0.2, 0.25) is 0 Å². The molecule has 4 heteroatoms. The van der Waals surface area contributed by atoms with E-state index in [1.807, 2.05) is 24.3 Å². The summed E-state index contributed by atoms with van der Waals surface area (Å²) in [4.78, 5) is 0. The van der Waals surface area contributed by atoms with E-state index in [4.69, 9.17) is 10.5 Å². The van der Waals surface area contributed by atoms with Crippen molar-refractivity contribution in [2.45, 2.75) is 38.2 Å². The summed E-state index contributed by atoms with van der Waals surface area (Å²) in [6.07, 6.45) is 4.68. The third-order valence-corrected chi connectivity index (χ3v) is 4.67. The van der Waals surface area contributed by atoms with E-state index in [2.05, 4.69) is 15.9 Å². The van der Waals surface area contributed by atoms with Gasteiger partial charge in [-0.05, 0) is 37.5 Å². The van der Waals surface area contributed by atoms with Gasteiger partial charge in [-0.15, -0.1) is 0 Å². The van der Waals surface area contributed by atoms with Crippen LogP contribution in [-0.2, 0) is 0 Å². The standard InChI is InChI=1S/C15H22BrNO2/c16-12-4-3-5-13(10-12)19-9-8-15(11-17)7-2-1-6-14(15)18/h3-5,10,14,18H,1-2,6-9,11,17H2. The number of rotatable bonds is 5. The van der Waals surface area contributed by atoms with Crippen molar-refractivity contribution in [2.24, 2.45) is 11.1 Å². The Labute approximate surface area is 123 Å². The molecular weight excluding hydrogens is 306 g/mol. The third kappa shape index (κ3) is 3.71. The second-order valence-corrected chi connectivity index (χ2v) is 6.30. The molecule has 0 bridgehead atoms. The van der Waals surface area contributed by atoms with Gasteiger partial charge in [-0.25, -0.2) is 0 Å². The van der Waals surface area contributed by atoms with Crippen LogP contribution >= 0.6 is 15.9 Å². The Hall–Kier alpha value is -0.580. The zero-order chi connectivity index (χ0) is 13.7. The van der Waals surface area contributed by atoms with E-state index in [1.165, 1.54) is 0 Å². The van der Waals surface area contributed by atoms with Crippen LogP contribution in [0.25, 0.3) is 0 Å². The van der Waals surface area contributed by atoms with Crippen molar-refractivity contribution in [2.75, 3.05) is 13.2 Å². The molecule has 1 aliphatic carbocycles. The lowest BCUT2D eigenvalue weighted by molar-refractivity contribution is -0.0191. The molecule has 0 aliphatic heterocycles. The fraction of sp³-hybridized carbons (Fsp3) is 0.600. The van der Waals surface area contributed by atoms with E-state index in [0.717, 1.165) is 42.3 Å². The molecule has 1 aliphatic rings. The minimum atomic E-state index is -0.280. The molecule has 0 saturated heterocycles. The van der Waals surface area contributed by atoms with E-state index in [-0.39, 0.29) is 11.5 Å². The summed E-state index contributed by atoms with van der Waals surface area (Å²) >= 11 is 3.42. The number of halogens is 1. The van der Waals surface area contributed by atoms with E-state index >= 15 is 0 Å². The molecule has 106 valence electrons. The third-order valence-electron chi connectivity index (χ3n) is 4.18. The highest BCUT2D eigenvalue weighted by atomic mass is 79.9. The summed E-state index contributed by atoms with van der Waals surface area (Å²) < 4.78 is 6.78. The number of hydrogen-bond acceptors (Lipinski definition) is 3. The minimum Gasteiger partial charge on any atom is -0.494 e. The molecule has 2 atom stereocenters. The molecule has 2 unspecified atom stereocenters. The maximum atomic E-state index is 10.2. The molecule has 3 nitrogen and oxygen atoms in total. The summed E-state index contributed by atoms with van der Waals surface area (Å²) in [5.74, 6) is 0.854. The number of aliphatic hydroxyl groups is 1. The van der Waals surface area contributed by atoms with Crippen molar-refractivity contribution in [3.05, 3.63) is 28.7 Å². The summed E-state index contributed by atoms with van der Waals surface area (Å²) in [7, 11) is 0. The molecular formula is C15H22BrNO2. The van der Waals surface area contributed by atoms with Gasteiger partial charge in [-0.1, -0.05) is 34.8 Å². The number of hydrogen-bond donors (Lipinski definition) is 2. The van der Waals surface area contributed by atoms with E-state index < -0.39 is 0 Å². The van der Waals surface area contributed by atoms with Gasteiger partial charge in [-0.2, -0.15) is 0 Å². The molecule has 1 saturated carbocycles. The summed E-state index contributed by atoms with van der Waals surface area (Å²) in [5.41, 5.74) is 5.76. The second-order valence-electron chi connectivity index (χ2n) is 5.38. The Bertz CT molecular complexity index is 413. The van der Waals surface area contributed by atoms with Crippen molar-refractivity contribution in [1.29, 1.82) is 0 Å². The lowest BCUT2D eigenvalue weighted by atomic mass is 9.70. The molecule has 0 aromatic heterocycles. The quantitative estimate of drug-likeness (QED) is 0.873. The molecule has 19 heavy (non-hydrogen) atoms. The predicted octanol–water partition coefficient (Wildman–Crippen LogP) is 3.10. The lowest BCUT2D eigenvalue weighted by Crippen LogP contribution is -2.45. The summed E-state index contributed by atoms with van der Waals surface area (Å²) in [5, 5.41) is 10.2. The van der Waals surface area contributed by atoms with Crippen LogP contribution in [0.3, 0.4) is 0 Å². The van der Waals surface area contributed by atoms with Crippen molar-refractivity contribution in [3.63, 3.8) is 0 Å². The van der Waals surface area contributed by atoms with Gasteiger partial charge in [0.05, 0.1) is 12.7 Å². The normalized spacial score (nSPS) is 27.2. The van der Waals surface area contributed by atoms with Crippen LogP contribution in [0, 0.1) is 5.41 Å². The van der Waals surface area contributed by atoms with Gasteiger partial charge >= 0.3 is 0 Å². The van der Waals surface area contributed by atoms with Crippen LogP contribution in [0.1, 0.15) is 32.1 Å². The zero-order valence-corrected chi connectivity index (χ0v) is 12.7. The van der Waals surface area contributed by atoms with Crippen molar-refractivity contribution in [3.8, 4) is 5.75 Å². The smallest absolute Gasteiger partial charge is 0.120 e. The molecule has 1 aromatic rings. The Morgan fingerprint density at radius 2 is 2.26 bits per heavy atom. The largest absolute Gasteiger partial charge is 0.494 e. The van der Waals surface area contributed by atoms with Crippen molar-refractivity contribution < 1.29 is 9.84 Å². The first-order valence-electron chi connectivity index (χ1n) is 6.93. The van der Waals surface area contributed by atoms with Gasteiger partial charge in [0.25, 0.3) is 0 Å². The molecule has 1 aromatic carbocycles. The van der Waals surface area contributed by atoms with Crippen molar-refractivity contribution in [1.82, 2.24) is 0 Å². The minimum absolute atomic E-state index is 0.149. The van der Waals surface area contributed by atoms with E-state index in [0.29, 0.717) is 13.2 Å². The zero-order valence-electron chi connectivity index (χ0n) is 11.1. The fourth-order valence-corrected chi connectivity index (χ4v) is 3.23. The number of ether oxygens (including phenoxy) is 1. The van der Waals surface area contributed by atoms with Gasteiger partial charge in [0.15, 0.2) is 0 Å². The molecule has 0 spiro atoms. The van der Waals surface area contributed by atoms with Crippen LogP contribution in [0.4, 0.5) is 0 Å². The SMILES string of the molecule is NCC1(CCOc2cccc(Br)c2)CCCCC1O. The topological polar surface area (TPSA) is 55.5 Å². The van der Waals surface area contributed by atoms with Gasteiger partial charge in [0, 0.05) is 16.4 Å². The highest BCUT2D eigenvalue weighted by Gasteiger charge is 2.38. The first-order valence-corrected chi connectivity index (χ1v) is 7.72. The molecule has 1 fully saturated rings. The van der Waals surface area contributed by atoms with Crippen LogP contribution < -0.4 is 10.5 Å². The van der Waals surface area contributed by atoms with Crippen molar-refractivity contribution >= 4 is 15.9 Å². The van der Waals surface area contributed by atoms with Gasteiger partial charge in [0.2, 0.25) is 0 Å². The Morgan fingerprint density at radius 3 is 2.95 bits per heavy atom. The summed E-state index contributed by atoms with van der Waals surface area (Å²) in [6.45, 7) is 1.14.